The summed E-state index contributed by atoms with van der Waals surface area (Å²) >= 11 is 0. The highest BCUT2D eigenvalue weighted by atomic mass is 16.5. The number of amides is 2. The van der Waals surface area contributed by atoms with Crippen molar-refractivity contribution >= 4 is 29.3 Å². The van der Waals surface area contributed by atoms with E-state index < -0.39 is 23.4 Å². The number of nitrogens with one attached hydrogen (secondary N) is 3. The lowest BCUT2D eigenvalue weighted by molar-refractivity contribution is 0.0473. The smallest absolute Gasteiger partial charge is 0.339 e. The minimum absolute atomic E-state index is 0.0117. The molecule has 0 saturated heterocycles. The van der Waals surface area contributed by atoms with E-state index in [1.807, 2.05) is 30.3 Å². The first-order chi connectivity index (χ1) is 20.0. The summed E-state index contributed by atoms with van der Waals surface area (Å²) < 4.78 is 5.61. The van der Waals surface area contributed by atoms with Crippen LogP contribution in [0.5, 0.6) is 0 Å². The van der Waals surface area contributed by atoms with E-state index in [1.165, 1.54) is 6.07 Å². The quantitative estimate of drug-likeness (QED) is 0.106. The van der Waals surface area contributed by atoms with Crippen LogP contribution >= 0.6 is 0 Å². The van der Waals surface area contributed by atoms with Gasteiger partial charge < -0.3 is 26.2 Å². The van der Waals surface area contributed by atoms with Crippen molar-refractivity contribution in [1.29, 1.82) is 5.41 Å². The van der Waals surface area contributed by atoms with Crippen LogP contribution in [0.2, 0.25) is 0 Å². The zero-order chi connectivity index (χ0) is 30.3. The maximum Gasteiger partial charge on any atom is 0.339 e. The van der Waals surface area contributed by atoms with Crippen molar-refractivity contribution in [2.75, 3.05) is 11.9 Å². The summed E-state index contributed by atoms with van der Waals surface area (Å²) in [6, 6.07) is 27.1. The molecule has 2 amide bonds. The first-order valence-electron chi connectivity index (χ1n) is 13.2. The number of anilines is 1. The molecule has 9 heteroatoms. The fourth-order valence-electron chi connectivity index (χ4n) is 4.14. The van der Waals surface area contributed by atoms with Gasteiger partial charge in [0.1, 0.15) is 12.4 Å². The molecule has 4 rings (SSSR count). The van der Waals surface area contributed by atoms with Crippen LogP contribution in [0.25, 0.3) is 11.1 Å². The van der Waals surface area contributed by atoms with Gasteiger partial charge in [-0.15, -0.1) is 0 Å². The third-order valence-electron chi connectivity index (χ3n) is 6.31. The molecule has 0 fully saturated rings. The molecule has 0 heterocycles. The molecule has 6 N–H and O–H groups in total. The average Bonchev–Trinajstić information content (AvgIpc) is 2.98. The first kappa shape index (κ1) is 29.7. The summed E-state index contributed by atoms with van der Waals surface area (Å²) in [6.45, 7) is 3.18. The molecule has 0 bridgehead atoms. The number of hydrogen-bond donors (Lipinski definition) is 5. The molecule has 214 valence electrons. The minimum Gasteiger partial charge on any atom is -0.457 e. The van der Waals surface area contributed by atoms with E-state index in [0.29, 0.717) is 27.9 Å². The lowest BCUT2D eigenvalue weighted by Gasteiger charge is -2.18. The van der Waals surface area contributed by atoms with Crippen LogP contribution in [-0.2, 0) is 11.3 Å². The van der Waals surface area contributed by atoms with Crippen LogP contribution in [0.4, 0.5) is 5.69 Å². The van der Waals surface area contributed by atoms with Gasteiger partial charge in [0.15, 0.2) is 0 Å². The second-order valence-electron chi connectivity index (χ2n) is 10.3. The zero-order valence-corrected chi connectivity index (χ0v) is 23.3. The number of nitrogen functional groups attached to an aromatic ring is 1. The predicted octanol–water partition coefficient (Wildman–Crippen LogP) is 4.75. The molecule has 0 unspecified atom stereocenters. The van der Waals surface area contributed by atoms with Gasteiger partial charge in [0.05, 0.1) is 11.2 Å². The van der Waals surface area contributed by atoms with Crippen LogP contribution < -0.4 is 16.4 Å². The van der Waals surface area contributed by atoms with Gasteiger partial charge in [-0.2, -0.15) is 0 Å². The number of aliphatic hydroxyl groups is 1. The Hall–Kier alpha value is -5.28. The Bertz CT molecular complexity index is 1610. The average molecular weight is 565 g/mol. The van der Waals surface area contributed by atoms with E-state index in [4.69, 9.17) is 15.9 Å². The lowest BCUT2D eigenvalue weighted by Crippen LogP contribution is -2.38. The second kappa shape index (κ2) is 12.9. The minimum atomic E-state index is -1.12. The molecule has 0 spiro atoms. The molecule has 0 aliphatic carbocycles. The summed E-state index contributed by atoms with van der Waals surface area (Å²) in [7, 11) is 0. The third-order valence-corrected chi connectivity index (χ3v) is 6.31. The molecule has 0 atom stereocenters. The van der Waals surface area contributed by atoms with Gasteiger partial charge in [-0.05, 0) is 73.0 Å². The number of nitrogens with two attached hydrogens (primary N) is 1. The Kier molecular flexibility index (Phi) is 9.14. The number of benzene rings is 4. The Balaban J connectivity index is 1.69. The third kappa shape index (κ3) is 7.67. The molecule has 0 saturated carbocycles. The van der Waals surface area contributed by atoms with Crippen molar-refractivity contribution in [1.82, 2.24) is 5.32 Å². The highest BCUT2D eigenvalue weighted by molar-refractivity contribution is 6.11. The number of rotatable bonds is 10. The van der Waals surface area contributed by atoms with Gasteiger partial charge in [-0.3, -0.25) is 15.0 Å². The van der Waals surface area contributed by atoms with Gasteiger partial charge in [0.25, 0.3) is 11.8 Å². The molecular formula is C33H32N4O5. The number of ether oxygens (including phenoxy) is 1. The molecule has 4 aromatic carbocycles. The molecule has 0 aliphatic rings. The molecule has 42 heavy (non-hydrogen) atoms. The lowest BCUT2D eigenvalue weighted by atomic mass is 9.93. The molecule has 0 radical (unpaired) electrons. The Morgan fingerprint density at radius 1 is 0.810 bits per heavy atom. The van der Waals surface area contributed by atoms with Crippen molar-refractivity contribution in [2.45, 2.75) is 26.1 Å². The molecular weight excluding hydrogens is 532 g/mol. The van der Waals surface area contributed by atoms with Crippen LogP contribution in [-0.4, -0.2) is 40.9 Å². The van der Waals surface area contributed by atoms with E-state index in [0.717, 1.165) is 5.56 Å². The van der Waals surface area contributed by atoms with Gasteiger partial charge in [-0.1, -0.05) is 54.6 Å². The van der Waals surface area contributed by atoms with Crippen LogP contribution in [0.3, 0.4) is 0 Å². The highest BCUT2D eigenvalue weighted by Gasteiger charge is 2.22. The van der Waals surface area contributed by atoms with Crippen molar-refractivity contribution in [3.8, 4) is 11.1 Å². The van der Waals surface area contributed by atoms with Crippen molar-refractivity contribution in [3.63, 3.8) is 0 Å². The van der Waals surface area contributed by atoms with E-state index >= 15 is 0 Å². The maximum absolute atomic E-state index is 13.4. The van der Waals surface area contributed by atoms with Crippen LogP contribution in [0, 0.1) is 5.41 Å². The van der Waals surface area contributed by atoms with Gasteiger partial charge in [-0.25, -0.2) is 4.79 Å². The monoisotopic (exact) mass is 564 g/mol. The van der Waals surface area contributed by atoms with Gasteiger partial charge in [0, 0.05) is 28.9 Å². The summed E-state index contributed by atoms with van der Waals surface area (Å²) in [5.41, 5.74) is 7.69. The summed E-state index contributed by atoms with van der Waals surface area (Å²) in [4.78, 5) is 39.7. The normalized spacial score (nSPS) is 10.9. The van der Waals surface area contributed by atoms with Crippen LogP contribution in [0.15, 0.2) is 97.1 Å². The van der Waals surface area contributed by atoms with E-state index in [2.05, 4.69) is 10.6 Å². The Morgan fingerprint density at radius 3 is 2.10 bits per heavy atom. The molecule has 4 aromatic rings. The van der Waals surface area contributed by atoms with Gasteiger partial charge in [0.2, 0.25) is 0 Å². The zero-order valence-electron chi connectivity index (χ0n) is 23.3. The van der Waals surface area contributed by atoms with Crippen molar-refractivity contribution < 1.29 is 24.2 Å². The number of amidine groups is 1. The number of hydrogen-bond acceptors (Lipinski definition) is 6. The molecule has 9 nitrogen and oxygen atoms in total. The number of carbonyl (C=O) groups excluding carboxylic acids is 3. The summed E-state index contributed by atoms with van der Waals surface area (Å²) in [5.74, 6) is -1.64. The summed E-state index contributed by atoms with van der Waals surface area (Å²) in [5, 5.41) is 23.1. The Morgan fingerprint density at radius 2 is 1.43 bits per heavy atom. The maximum atomic E-state index is 13.4. The number of esters is 1. The SMILES string of the molecule is CC(C)(O)CNC(=O)c1ccc(-c2ccccc2C(=O)Nc2ccc(C(=N)N)cc2)c(C(=O)OCc2ccccc2)c1. The van der Waals surface area contributed by atoms with Gasteiger partial charge >= 0.3 is 5.97 Å². The predicted molar refractivity (Wildman–Crippen MR) is 161 cm³/mol. The summed E-state index contributed by atoms with van der Waals surface area (Å²) in [6.07, 6.45) is 0. The topological polar surface area (TPSA) is 155 Å². The first-order valence-corrected chi connectivity index (χ1v) is 13.2. The van der Waals surface area contributed by atoms with E-state index in [9.17, 15) is 19.5 Å². The fourth-order valence-corrected chi connectivity index (χ4v) is 4.14. The van der Waals surface area contributed by atoms with E-state index in [1.54, 1.807) is 74.5 Å². The number of carbonyl (C=O) groups is 3. The molecule has 0 aromatic heterocycles. The fraction of sp³-hybridized carbons (Fsp3) is 0.152. The molecule has 0 aliphatic heterocycles. The van der Waals surface area contributed by atoms with E-state index in [-0.39, 0.29) is 30.1 Å². The Labute approximate surface area is 243 Å². The van der Waals surface area contributed by atoms with Crippen molar-refractivity contribution in [2.24, 2.45) is 5.73 Å². The standard InChI is InChI=1S/C33H32N4O5/c1-33(2,41)20-36-30(38)23-14-17-26(28(18-23)32(40)42-19-21-8-4-3-5-9-21)25-10-6-7-11-27(25)31(39)37-24-15-12-22(13-16-24)29(34)35/h3-18,41H,19-20H2,1-2H3,(H3,34,35)(H,36,38)(H,37,39). The largest absolute Gasteiger partial charge is 0.457 e. The second-order valence-corrected chi connectivity index (χ2v) is 10.3. The van der Waals surface area contributed by atoms with Crippen LogP contribution in [0.1, 0.15) is 56.0 Å². The van der Waals surface area contributed by atoms with Crippen molar-refractivity contribution in [3.05, 3.63) is 125 Å². The highest BCUT2D eigenvalue weighted by Crippen LogP contribution is 2.30.